The highest BCUT2D eigenvalue weighted by molar-refractivity contribution is 7.92. The van der Waals surface area contributed by atoms with Crippen LogP contribution >= 0.6 is 0 Å². The molecule has 0 bridgehead atoms. The maximum Gasteiger partial charge on any atom is 0.338 e. The first kappa shape index (κ1) is 22.0. The van der Waals surface area contributed by atoms with Crippen LogP contribution in [0.25, 0.3) is 0 Å². The lowest BCUT2D eigenvalue weighted by molar-refractivity contribution is 0.0599. The van der Waals surface area contributed by atoms with E-state index in [9.17, 15) is 18.0 Å². The zero-order chi connectivity index (χ0) is 22.6. The lowest BCUT2D eigenvalue weighted by atomic mass is 10.0. The summed E-state index contributed by atoms with van der Waals surface area (Å²) in [6.07, 6.45) is 0. The highest BCUT2D eigenvalue weighted by Gasteiger charge is 2.19. The number of nitrogens with one attached hydrogen (secondary N) is 2. The molecular weight excluding hydrogens is 416 g/mol. The van der Waals surface area contributed by atoms with Gasteiger partial charge in [0.1, 0.15) is 0 Å². The highest BCUT2D eigenvalue weighted by atomic mass is 32.2. The van der Waals surface area contributed by atoms with Gasteiger partial charge in [-0.1, -0.05) is 30.3 Å². The van der Waals surface area contributed by atoms with E-state index < -0.39 is 21.9 Å². The second kappa shape index (κ2) is 9.01. The lowest BCUT2D eigenvalue weighted by Crippen LogP contribution is -2.18. The van der Waals surface area contributed by atoms with Crippen LogP contribution in [0.1, 0.15) is 31.8 Å². The summed E-state index contributed by atoms with van der Waals surface area (Å²) >= 11 is 0. The Kier molecular flexibility index (Phi) is 6.41. The molecule has 0 radical (unpaired) electrons. The van der Waals surface area contributed by atoms with E-state index >= 15 is 0 Å². The topological polar surface area (TPSA) is 102 Å². The Morgan fingerprint density at radius 1 is 0.774 bits per heavy atom. The van der Waals surface area contributed by atoms with Crippen LogP contribution in [0.15, 0.2) is 71.6 Å². The van der Waals surface area contributed by atoms with Crippen LogP contribution in [0.4, 0.5) is 11.4 Å². The SMILES string of the molecule is COC(=O)c1cccc(NC(=O)c2cccc(NS(=O)(=O)c3ccccc3)c2C)c1C. The fourth-order valence-electron chi connectivity index (χ4n) is 3.09. The second-order valence-electron chi connectivity index (χ2n) is 6.82. The lowest BCUT2D eigenvalue weighted by Gasteiger charge is -2.15. The summed E-state index contributed by atoms with van der Waals surface area (Å²) in [7, 11) is -2.51. The predicted molar refractivity (Wildman–Crippen MR) is 119 cm³/mol. The zero-order valence-electron chi connectivity index (χ0n) is 17.3. The molecule has 2 N–H and O–H groups in total. The second-order valence-corrected chi connectivity index (χ2v) is 8.50. The molecule has 0 atom stereocenters. The van der Waals surface area contributed by atoms with Crippen molar-refractivity contribution >= 4 is 33.3 Å². The Labute approximate surface area is 181 Å². The number of amides is 1. The van der Waals surface area contributed by atoms with Gasteiger partial charge in [0.05, 0.1) is 23.3 Å². The molecule has 7 nitrogen and oxygen atoms in total. The van der Waals surface area contributed by atoms with Crippen molar-refractivity contribution in [2.45, 2.75) is 18.7 Å². The quantitative estimate of drug-likeness (QED) is 0.563. The number of carbonyl (C=O) groups is 2. The van der Waals surface area contributed by atoms with Crippen LogP contribution in [0, 0.1) is 13.8 Å². The van der Waals surface area contributed by atoms with Gasteiger partial charge in [0, 0.05) is 11.3 Å². The summed E-state index contributed by atoms with van der Waals surface area (Å²) in [5.74, 6) is -0.925. The molecule has 0 aromatic heterocycles. The van der Waals surface area contributed by atoms with Crippen LogP contribution in [0.5, 0.6) is 0 Å². The van der Waals surface area contributed by atoms with E-state index in [2.05, 4.69) is 10.0 Å². The van der Waals surface area contributed by atoms with Crippen molar-refractivity contribution in [2.24, 2.45) is 0 Å². The number of anilines is 2. The van der Waals surface area contributed by atoms with Crippen molar-refractivity contribution < 1.29 is 22.7 Å². The highest BCUT2D eigenvalue weighted by Crippen LogP contribution is 2.25. The summed E-state index contributed by atoms with van der Waals surface area (Å²) in [4.78, 5) is 24.9. The van der Waals surface area contributed by atoms with Crippen molar-refractivity contribution in [1.29, 1.82) is 0 Å². The number of esters is 1. The van der Waals surface area contributed by atoms with Crippen LogP contribution < -0.4 is 10.0 Å². The van der Waals surface area contributed by atoms with Gasteiger partial charge in [-0.05, 0) is 61.4 Å². The smallest absolute Gasteiger partial charge is 0.338 e. The molecule has 0 fully saturated rings. The maximum atomic E-state index is 12.9. The van der Waals surface area contributed by atoms with E-state index in [1.165, 1.54) is 19.2 Å². The van der Waals surface area contributed by atoms with Gasteiger partial charge in [-0.2, -0.15) is 0 Å². The van der Waals surface area contributed by atoms with Gasteiger partial charge in [-0.25, -0.2) is 13.2 Å². The van der Waals surface area contributed by atoms with Crippen molar-refractivity contribution in [2.75, 3.05) is 17.1 Å². The van der Waals surface area contributed by atoms with Gasteiger partial charge in [-0.15, -0.1) is 0 Å². The fourth-order valence-corrected chi connectivity index (χ4v) is 4.23. The molecular formula is C23H22N2O5S. The first-order valence-electron chi connectivity index (χ1n) is 9.41. The molecule has 31 heavy (non-hydrogen) atoms. The van der Waals surface area contributed by atoms with Crippen LogP contribution in [0.2, 0.25) is 0 Å². The average Bonchev–Trinajstić information content (AvgIpc) is 2.76. The number of rotatable bonds is 6. The van der Waals surface area contributed by atoms with E-state index in [-0.39, 0.29) is 4.90 Å². The summed E-state index contributed by atoms with van der Waals surface area (Å²) in [6, 6.07) is 17.7. The first-order chi connectivity index (χ1) is 14.7. The number of methoxy groups -OCH3 is 1. The van der Waals surface area contributed by atoms with Crippen molar-refractivity contribution in [3.8, 4) is 0 Å². The van der Waals surface area contributed by atoms with Gasteiger partial charge in [0.2, 0.25) is 0 Å². The fraction of sp³-hybridized carbons (Fsp3) is 0.130. The van der Waals surface area contributed by atoms with E-state index in [0.29, 0.717) is 33.6 Å². The van der Waals surface area contributed by atoms with Gasteiger partial charge < -0.3 is 10.1 Å². The normalized spacial score (nSPS) is 10.9. The molecule has 0 aliphatic rings. The summed E-state index contributed by atoms with van der Waals surface area (Å²) in [5, 5.41) is 2.78. The number of sulfonamides is 1. The summed E-state index contributed by atoms with van der Waals surface area (Å²) in [6.45, 7) is 3.37. The molecule has 0 saturated heterocycles. The Morgan fingerprint density at radius 2 is 1.35 bits per heavy atom. The maximum absolute atomic E-state index is 12.9. The van der Waals surface area contributed by atoms with Crippen LogP contribution in [-0.2, 0) is 14.8 Å². The first-order valence-corrected chi connectivity index (χ1v) is 10.9. The summed E-state index contributed by atoms with van der Waals surface area (Å²) < 4.78 is 32.6. The monoisotopic (exact) mass is 438 g/mol. The molecule has 1 amide bonds. The van der Waals surface area contributed by atoms with Gasteiger partial charge >= 0.3 is 5.97 Å². The average molecular weight is 439 g/mol. The number of carbonyl (C=O) groups excluding carboxylic acids is 2. The Hall–Kier alpha value is -3.65. The molecule has 0 aliphatic heterocycles. The van der Waals surface area contributed by atoms with Crippen molar-refractivity contribution in [3.05, 3.63) is 89.0 Å². The molecule has 3 rings (SSSR count). The molecule has 3 aromatic rings. The molecule has 3 aromatic carbocycles. The van der Waals surface area contributed by atoms with Crippen LogP contribution in [0.3, 0.4) is 0 Å². The minimum Gasteiger partial charge on any atom is -0.465 e. The molecule has 0 spiro atoms. The van der Waals surface area contributed by atoms with E-state index in [4.69, 9.17) is 4.74 Å². The van der Waals surface area contributed by atoms with Crippen molar-refractivity contribution in [3.63, 3.8) is 0 Å². The third kappa shape index (κ3) is 4.75. The van der Waals surface area contributed by atoms with E-state index in [1.54, 1.807) is 68.4 Å². The minimum atomic E-state index is -3.80. The largest absolute Gasteiger partial charge is 0.465 e. The Morgan fingerprint density at radius 3 is 2.00 bits per heavy atom. The minimum absolute atomic E-state index is 0.125. The number of benzene rings is 3. The molecule has 0 unspecified atom stereocenters. The van der Waals surface area contributed by atoms with Gasteiger partial charge in [0.25, 0.3) is 15.9 Å². The third-order valence-electron chi connectivity index (χ3n) is 4.86. The molecule has 0 saturated carbocycles. The van der Waals surface area contributed by atoms with E-state index in [1.807, 2.05) is 0 Å². The predicted octanol–water partition coefficient (Wildman–Crippen LogP) is 4.14. The van der Waals surface area contributed by atoms with Gasteiger partial charge in [0.15, 0.2) is 0 Å². The number of ether oxygens (including phenoxy) is 1. The molecule has 8 heteroatoms. The van der Waals surface area contributed by atoms with Crippen LogP contribution in [-0.4, -0.2) is 27.4 Å². The molecule has 0 aliphatic carbocycles. The molecule has 160 valence electrons. The molecule has 0 heterocycles. The summed E-state index contributed by atoms with van der Waals surface area (Å²) in [5.41, 5.74) is 2.46. The van der Waals surface area contributed by atoms with Gasteiger partial charge in [-0.3, -0.25) is 9.52 Å². The van der Waals surface area contributed by atoms with Crippen molar-refractivity contribution in [1.82, 2.24) is 0 Å². The Balaban J connectivity index is 1.88. The number of hydrogen-bond acceptors (Lipinski definition) is 5. The van der Waals surface area contributed by atoms with E-state index in [0.717, 1.165) is 0 Å². The number of hydrogen-bond donors (Lipinski definition) is 2. The standard InChI is InChI=1S/C23H22N2O5S/c1-15-18(22(26)24-20-13-8-12-19(16(20)2)23(27)30-3)11-7-14-21(15)25-31(28,29)17-9-5-4-6-10-17/h4-14,25H,1-3H3,(H,24,26). The Bertz CT molecular complexity index is 1240. The third-order valence-corrected chi connectivity index (χ3v) is 6.24. The zero-order valence-corrected chi connectivity index (χ0v) is 18.1.